The SMILES string of the molecule is CCOC(=O)C1C(C)Oc2nc(N)c(C#N)c(N)c2C1c1cccs1. The molecule has 130 valence electrons. The Balaban J connectivity index is 2.24. The highest BCUT2D eigenvalue weighted by atomic mass is 32.1. The van der Waals surface area contributed by atoms with Crippen LogP contribution in [0.3, 0.4) is 0 Å². The van der Waals surface area contributed by atoms with Crippen molar-refractivity contribution in [3.63, 3.8) is 0 Å². The number of esters is 1. The fraction of sp³-hybridized carbons (Fsp3) is 0.353. The molecule has 0 radical (unpaired) electrons. The summed E-state index contributed by atoms with van der Waals surface area (Å²) in [7, 11) is 0. The summed E-state index contributed by atoms with van der Waals surface area (Å²) in [5, 5.41) is 11.3. The van der Waals surface area contributed by atoms with Gasteiger partial charge in [0.25, 0.3) is 0 Å². The Bertz CT molecular complexity index is 845. The average molecular weight is 358 g/mol. The fourth-order valence-corrected chi connectivity index (χ4v) is 4.06. The van der Waals surface area contributed by atoms with Gasteiger partial charge in [0.1, 0.15) is 29.5 Å². The molecule has 7 nitrogen and oxygen atoms in total. The first-order chi connectivity index (χ1) is 12.0. The van der Waals surface area contributed by atoms with E-state index in [9.17, 15) is 10.1 Å². The van der Waals surface area contributed by atoms with Crippen molar-refractivity contribution in [1.82, 2.24) is 4.98 Å². The molecule has 4 N–H and O–H groups in total. The maximum atomic E-state index is 12.6. The lowest BCUT2D eigenvalue weighted by atomic mass is 9.79. The Kier molecular flexibility index (Phi) is 4.51. The number of hydrogen-bond donors (Lipinski definition) is 2. The topological polar surface area (TPSA) is 124 Å². The number of thiophene rings is 1. The minimum absolute atomic E-state index is 0.0189. The summed E-state index contributed by atoms with van der Waals surface area (Å²) < 4.78 is 11.1. The lowest BCUT2D eigenvalue weighted by molar-refractivity contribution is -0.152. The van der Waals surface area contributed by atoms with Gasteiger partial charge < -0.3 is 20.9 Å². The molecule has 0 spiro atoms. The number of nitrogen functional groups attached to an aromatic ring is 2. The standard InChI is InChI=1S/C17H18N4O3S/c1-3-23-17(22)11-8(2)24-16-13(12(11)10-5-4-6-25-10)14(19)9(7-18)15(20)21-16/h4-6,8,11-12H,3H2,1-2H3,(H4,19,20,21). The number of hydrogen-bond acceptors (Lipinski definition) is 8. The van der Waals surface area contributed by atoms with Crippen LogP contribution in [-0.4, -0.2) is 23.7 Å². The smallest absolute Gasteiger partial charge is 0.313 e. The van der Waals surface area contributed by atoms with E-state index in [1.54, 1.807) is 13.8 Å². The van der Waals surface area contributed by atoms with Gasteiger partial charge in [0, 0.05) is 16.4 Å². The number of anilines is 2. The molecule has 3 unspecified atom stereocenters. The van der Waals surface area contributed by atoms with Gasteiger partial charge in [-0.25, -0.2) is 0 Å². The maximum Gasteiger partial charge on any atom is 0.313 e. The number of aromatic nitrogens is 1. The summed E-state index contributed by atoms with van der Waals surface area (Å²) in [5.74, 6) is -1.08. The molecule has 3 rings (SSSR count). The van der Waals surface area contributed by atoms with Gasteiger partial charge in [0.15, 0.2) is 0 Å². The molecule has 0 aromatic carbocycles. The summed E-state index contributed by atoms with van der Waals surface area (Å²) in [6.45, 7) is 3.81. The van der Waals surface area contributed by atoms with Crippen LogP contribution in [-0.2, 0) is 9.53 Å². The highest BCUT2D eigenvalue weighted by molar-refractivity contribution is 7.10. The molecule has 25 heavy (non-hydrogen) atoms. The summed E-state index contributed by atoms with van der Waals surface area (Å²) in [5.41, 5.74) is 12.9. The van der Waals surface area contributed by atoms with Gasteiger partial charge in [-0.2, -0.15) is 10.2 Å². The number of pyridine rings is 1. The third kappa shape index (κ3) is 2.76. The number of rotatable bonds is 3. The van der Waals surface area contributed by atoms with Crippen molar-refractivity contribution in [3.8, 4) is 11.9 Å². The van der Waals surface area contributed by atoms with Gasteiger partial charge in [-0.1, -0.05) is 6.07 Å². The quantitative estimate of drug-likeness (QED) is 0.806. The van der Waals surface area contributed by atoms with Gasteiger partial charge >= 0.3 is 5.97 Å². The molecule has 0 aliphatic carbocycles. The van der Waals surface area contributed by atoms with Crippen LogP contribution in [0.1, 0.15) is 35.8 Å². The van der Waals surface area contributed by atoms with Crippen molar-refractivity contribution in [3.05, 3.63) is 33.5 Å². The third-order valence-corrected chi connectivity index (χ3v) is 5.22. The van der Waals surface area contributed by atoms with Gasteiger partial charge in [-0.3, -0.25) is 4.79 Å². The van der Waals surface area contributed by atoms with Crippen LogP contribution >= 0.6 is 11.3 Å². The molecular formula is C17H18N4O3S. The second kappa shape index (κ2) is 6.61. The number of nitrogens with two attached hydrogens (primary N) is 2. The molecule has 3 heterocycles. The number of nitrogens with zero attached hydrogens (tertiary/aromatic N) is 2. The predicted molar refractivity (Wildman–Crippen MR) is 94.2 cm³/mol. The summed E-state index contributed by atoms with van der Waals surface area (Å²) in [6, 6.07) is 5.80. The van der Waals surface area contributed by atoms with E-state index in [2.05, 4.69) is 4.98 Å². The monoisotopic (exact) mass is 358 g/mol. The summed E-state index contributed by atoms with van der Waals surface area (Å²) in [6.07, 6.45) is -0.474. The number of nitriles is 1. The Labute approximate surface area is 149 Å². The molecule has 1 aliphatic heterocycles. The van der Waals surface area contributed by atoms with E-state index < -0.39 is 17.9 Å². The van der Waals surface area contributed by atoms with Crippen LogP contribution in [0, 0.1) is 17.2 Å². The molecule has 2 aromatic rings. The molecule has 0 saturated heterocycles. The first-order valence-electron chi connectivity index (χ1n) is 7.85. The molecule has 2 aromatic heterocycles. The zero-order valence-corrected chi connectivity index (χ0v) is 14.7. The summed E-state index contributed by atoms with van der Waals surface area (Å²) >= 11 is 1.50. The first-order valence-corrected chi connectivity index (χ1v) is 8.73. The minimum Gasteiger partial charge on any atom is -0.473 e. The second-order valence-corrected chi connectivity index (χ2v) is 6.69. The first kappa shape index (κ1) is 17.0. The Hall–Kier alpha value is -2.79. The lowest BCUT2D eigenvalue weighted by Gasteiger charge is -2.36. The van der Waals surface area contributed by atoms with E-state index in [0.29, 0.717) is 5.56 Å². The molecular weight excluding hydrogens is 340 g/mol. The Morgan fingerprint density at radius 1 is 1.52 bits per heavy atom. The van der Waals surface area contributed by atoms with E-state index in [-0.39, 0.29) is 35.5 Å². The van der Waals surface area contributed by atoms with E-state index in [1.165, 1.54) is 11.3 Å². The van der Waals surface area contributed by atoms with Crippen molar-refractivity contribution in [1.29, 1.82) is 5.26 Å². The van der Waals surface area contributed by atoms with Crippen molar-refractivity contribution in [2.75, 3.05) is 18.1 Å². The average Bonchev–Trinajstić information content (AvgIpc) is 3.08. The van der Waals surface area contributed by atoms with E-state index >= 15 is 0 Å². The van der Waals surface area contributed by atoms with E-state index in [4.69, 9.17) is 20.9 Å². The van der Waals surface area contributed by atoms with Crippen LogP contribution in [0.2, 0.25) is 0 Å². The zero-order valence-electron chi connectivity index (χ0n) is 13.9. The van der Waals surface area contributed by atoms with Gasteiger partial charge in [-0.15, -0.1) is 11.3 Å². The largest absolute Gasteiger partial charge is 0.473 e. The summed E-state index contributed by atoms with van der Waals surface area (Å²) in [4.78, 5) is 17.7. The van der Waals surface area contributed by atoms with Crippen LogP contribution < -0.4 is 16.2 Å². The number of ether oxygens (including phenoxy) is 2. The van der Waals surface area contributed by atoms with Crippen LogP contribution in [0.4, 0.5) is 11.5 Å². The highest BCUT2D eigenvalue weighted by Crippen LogP contribution is 2.49. The Morgan fingerprint density at radius 3 is 2.88 bits per heavy atom. The minimum atomic E-state index is -0.592. The van der Waals surface area contributed by atoms with Gasteiger partial charge in [0.05, 0.1) is 12.3 Å². The molecule has 1 aliphatic rings. The molecule has 0 fully saturated rings. The fourth-order valence-electron chi connectivity index (χ4n) is 3.17. The van der Waals surface area contributed by atoms with E-state index in [0.717, 1.165) is 4.88 Å². The van der Waals surface area contributed by atoms with Crippen molar-refractivity contribution >= 4 is 28.8 Å². The van der Waals surface area contributed by atoms with Crippen LogP contribution in [0.15, 0.2) is 17.5 Å². The number of fused-ring (bicyclic) bond motifs is 1. The van der Waals surface area contributed by atoms with Crippen molar-refractivity contribution in [2.24, 2.45) is 5.92 Å². The molecule has 3 atom stereocenters. The second-order valence-electron chi connectivity index (χ2n) is 5.71. The number of carbonyl (C=O) groups excluding carboxylic acids is 1. The van der Waals surface area contributed by atoms with E-state index in [1.807, 2.05) is 23.6 Å². The number of carbonyl (C=O) groups is 1. The zero-order chi connectivity index (χ0) is 18.1. The van der Waals surface area contributed by atoms with Crippen LogP contribution in [0.25, 0.3) is 0 Å². The Morgan fingerprint density at radius 2 is 2.28 bits per heavy atom. The molecule has 0 saturated carbocycles. The van der Waals surface area contributed by atoms with Crippen molar-refractivity contribution in [2.45, 2.75) is 25.9 Å². The maximum absolute atomic E-state index is 12.6. The van der Waals surface area contributed by atoms with Crippen LogP contribution in [0.5, 0.6) is 5.88 Å². The third-order valence-electron chi connectivity index (χ3n) is 4.26. The lowest BCUT2D eigenvalue weighted by Crippen LogP contribution is -2.41. The van der Waals surface area contributed by atoms with Gasteiger partial charge in [0.2, 0.25) is 5.88 Å². The van der Waals surface area contributed by atoms with Crippen molar-refractivity contribution < 1.29 is 14.3 Å². The molecule has 0 amide bonds. The predicted octanol–water partition coefficient (Wildman–Crippen LogP) is 2.27. The molecule has 0 bridgehead atoms. The van der Waals surface area contributed by atoms with Gasteiger partial charge in [-0.05, 0) is 25.3 Å². The molecule has 8 heteroatoms. The normalized spacial score (nSPS) is 21.7. The highest BCUT2D eigenvalue weighted by Gasteiger charge is 2.45.